The van der Waals surface area contributed by atoms with E-state index in [9.17, 15) is 0 Å². The number of benzene rings is 2. The van der Waals surface area contributed by atoms with Gasteiger partial charge in [-0.15, -0.1) is 0 Å². The lowest BCUT2D eigenvalue weighted by molar-refractivity contribution is 0.265. The van der Waals surface area contributed by atoms with E-state index in [2.05, 4.69) is 21.8 Å². The molecule has 2 aliphatic rings. The Balaban J connectivity index is 1.61. The predicted molar refractivity (Wildman–Crippen MR) is 122 cm³/mol. The number of fused-ring (bicyclic) bond motifs is 3. The van der Waals surface area contributed by atoms with Crippen molar-refractivity contribution in [1.82, 2.24) is 14.5 Å². The molecule has 1 aromatic heterocycles. The molecule has 5 rings (SSSR count). The first kappa shape index (κ1) is 20.3. The van der Waals surface area contributed by atoms with E-state index in [1.54, 1.807) is 24.7 Å². The highest BCUT2D eigenvalue weighted by Gasteiger charge is 2.38. The largest absolute Gasteiger partial charge is 0.399 e. The standard InChI is InChI=1S/C23H26ClFN6/c1-29-9-3-6-18(29)15(22-16(24)4-2-5-17(22)25)12-30-19-8-7-14(26)10-20(19)31-13-28-11-21(31)23(30)27/h2,4-5,7-8,10-11,13,15,18,23H,3,6,9,12,26-27H2,1H3. The second-order valence-corrected chi connectivity index (χ2v) is 8.87. The van der Waals surface area contributed by atoms with Crippen molar-refractivity contribution < 1.29 is 4.39 Å². The minimum atomic E-state index is -0.418. The fraction of sp³-hybridized carbons (Fsp3) is 0.348. The van der Waals surface area contributed by atoms with Gasteiger partial charge in [0.25, 0.3) is 0 Å². The third-order valence-corrected chi connectivity index (χ3v) is 7.01. The van der Waals surface area contributed by atoms with Crippen LogP contribution in [0.4, 0.5) is 15.8 Å². The molecular weight excluding hydrogens is 415 g/mol. The van der Waals surface area contributed by atoms with Crippen molar-refractivity contribution in [1.29, 1.82) is 0 Å². The highest BCUT2D eigenvalue weighted by atomic mass is 35.5. The molecule has 0 aliphatic carbocycles. The van der Waals surface area contributed by atoms with E-state index in [1.165, 1.54) is 6.07 Å². The summed E-state index contributed by atoms with van der Waals surface area (Å²) in [5, 5.41) is 0.457. The second-order valence-electron chi connectivity index (χ2n) is 8.47. The number of hydrogen-bond donors (Lipinski definition) is 2. The fourth-order valence-corrected chi connectivity index (χ4v) is 5.45. The number of nitrogens with zero attached hydrogens (tertiary/aromatic N) is 4. The maximum absolute atomic E-state index is 15.1. The molecule has 6 nitrogen and oxygen atoms in total. The monoisotopic (exact) mass is 440 g/mol. The number of aromatic nitrogens is 2. The minimum Gasteiger partial charge on any atom is -0.399 e. The molecule has 0 radical (unpaired) electrons. The SMILES string of the molecule is CN1CCCC1C(CN1c2ccc(N)cc2-n2cncc2C1N)c1c(F)cccc1Cl. The summed E-state index contributed by atoms with van der Waals surface area (Å²) in [5.74, 6) is -0.418. The summed E-state index contributed by atoms with van der Waals surface area (Å²) in [5.41, 5.74) is 16.8. The molecule has 162 valence electrons. The number of hydrogen-bond acceptors (Lipinski definition) is 5. The lowest BCUT2D eigenvalue weighted by Gasteiger charge is -2.41. The molecule has 0 saturated carbocycles. The predicted octanol–water partition coefficient (Wildman–Crippen LogP) is 3.90. The highest BCUT2D eigenvalue weighted by molar-refractivity contribution is 6.31. The van der Waals surface area contributed by atoms with E-state index in [0.717, 1.165) is 36.5 Å². The van der Waals surface area contributed by atoms with E-state index in [0.29, 0.717) is 22.8 Å². The van der Waals surface area contributed by atoms with Crippen molar-refractivity contribution in [3.05, 3.63) is 71.0 Å². The van der Waals surface area contributed by atoms with Crippen molar-refractivity contribution in [3.8, 4) is 5.69 Å². The summed E-state index contributed by atoms with van der Waals surface area (Å²) in [6, 6.07) is 10.8. The van der Waals surface area contributed by atoms with E-state index >= 15 is 4.39 Å². The number of rotatable bonds is 4. The fourth-order valence-electron chi connectivity index (χ4n) is 5.15. The van der Waals surface area contributed by atoms with Gasteiger partial charge in [-0.2, -0.15) is 0 Å². The summed E-state index contributed by atoms with van der Waals surface area (Å²) < 4.78 is 17.1. The van der Waals surface area contributed by atoms with Gasteiger partial charge in [0.2, 0.25) is 0 Å². The number of anilines is 2. The zero-order valence-electron chi connectivity index (χ0n) is 17.4. The molecule has 3 atom stereocenters. The molecule has 8 heteroatoms. The maximum atomic E-state index is 15.1. The smallest absolute Gasteiger partial charge is 0.128 e. The van der Waals surface area contributed by atoms with Crippen LogP contribution in [-0.4, -0.2) is 40.6 Å². The lowest BCUT2D eigenvalue weighted by Crippen LogP contribution is -2.45. The van der Waals surface area contributed by atoms with Crippen molar-refractivity contribution in [3.63, 3.8) is 0 Å². The summed E-state index contributed by atoms with van der Waals surface area (Å²) >= 11 is 6.55. The molecule has 1 fully saturated rings. The van der Waals surface area contributed by atoms with Crippen LogP contribution in [0, 0.1) is 5.82 Å². The van der Waals surface area contributed by atoms with Gasteiger partial charge in [0, 0.05) is 34.8 Å². The van der Waals surface area contributed by atoms with Crippen LogP contribution in [0.5, 0.6) is 0 Å². The van der Waals surface area contributed by atoms with Crippen molar-refractivity contribution in [2.24, 2.45) is 5.73 Å². The van der Waals surface area contributed by atoms with Gasteiger partial charge in [-0.1, -0.05) is 17.7 Å². The number of halogens is 2. The number of nitrogen functional groups attached to an aromatic ring is 1. The average Bonchev–Trinajstić information content (AvgIpc) is 3.39. The van der Waals surface area contributed by atoms with Gasteiger partial charge < -0.3 is 21.3 Å². The Morgan fingerprint density at radius 2 is 2.10 bits per heavy atom. The summed E-state index contributed by atoms with van der Waals surface area (Å²) in [6.07, 6.45) is 5.17. The van der Waals surface area contributed by atoms with Gasteiger partial charge in [0.1, 0.15) is 12.0 Å². The zero-order valence-corrected chi connectivity index (χ0v) is 18.1. The van der Waals surface area contributed by atoms with Gasteiger partial charge in [-0.3, -0.25) is 4.57 Å². The molecule has 2 aliphatic heterocycles. The summed E-state index contributed by atoms with van der Waals surface area (Å²) in [6.45, 7) is 1.51. The molecule has 2 aromatic carbocycles. The number of likely N-dealkylation sites (N-methyl/N-ethyl adjacent to an activating group) is 1. The van der Waals surface area contributed by atoms with Gasteiger partial charge in [-0.25, -0.2) is 9.37 Å². The van der Waals surface area contributed by atoms with E-state index in [1.807, 2.05) is 22.8 Å². The quantitative estimate of drug-likeness (QED) is 0.602. The second kappa shape index (κ2) is 7.82. The Bertz CT molecular complexity index is 1090. The Morgan fingerprint density at radius 1 is 1.26 bits per heavy atom. The number of imidazole rings is 1. The molecule has 0 bridgehead atoms. The van der Waals surface area contributed by atoms with Crippen LogP contribution in [0.2, 0.25) is 5.02 Å². The van der Waals surface area contributed by atoms with Crippen LogP contribution in [-0.2, 0) is 0 Å². The summed E-state index contributed by atoms with van der Waals surface area (Å²) in [4.78, 5) is 8.73. The molecule has 31 heavy (non-hydrogen) atoms. The van der Waals surface area contributed by atoms with Crippen LogP contribution < -0.4 is 16.4 Å². The Labute approximate surface area is 186 Å². The lowest BCUT2D eigenvalue weighted by atomic mass is 9.88. The first-order valence-corrected chi connectivity index (χ1v) is 10.9. The third kappa shape index (κ3) is 3.37. The third-order valence-electron chi connectivity index (χ3n) is 6.68. The molecule has 3 heterocycles. The highest BCUT2D eigenvalue weighted by Crippen LogP contribution is 2.42. The molecule has 0 amide bonds. The Morgan fingerprint density at radius 3 is 2.84 bits per heavy atom. The van der Waals surface area contributed by atoms with Gasteiger partial charge in [0.15, 0.2) is 0 Å². The first-order chi connectivity index (χ1) is 15.0. The number of nitrogens with two attached hydrogens (primary N) is 2. The van der Waals surface area contributed by atoms with E-state index < -0.39 is 6.17 Å². The summed E-state index contributed by atoms with van der Waals surface area (Å²) in [7, 11) is 2.10. The molecule has 1 saturated heterocycles. The first-order valence-electron chi connectivity index (χ1n) is 10.5. The van der Waals surface area contributed by atoms with Crippen molar-refractivity contribution in [2.75, 3.05) is 30.8 Å². The van der Waals surface area contributed by atoms with Crippen LogP contribution in [0.25, 0.3) is 5.69 Å². The minimum absolute atomic E-state index is 0.146. The van der Waals surface area contributed by atoms with E-state index in [4.69, 9.17) is 23.1 Å². The van der Waals surface area contributed by atoms with Crippen LogP contribution in [0.1, 0.15) is 36.2 Å². The topological polar surface area (TPSA) is 76.3 Å². The molecule has 4 N–H and O–H groups in total. The molecule has 0 spiro atoms. The van der Waals surface area contributed by atoms with Crippen LogP contribution in [0.15, 0.2) is 48.9 Å². The molecule has 3 aromatic rings. The molecule has 3 unspecified atom stereocenters. The van der Waals surface area contributed by atoms with Gasteiger partial charge in [0.05, 0.1) is 29.6 Å². The van der Waals surface area contributed by atoms with Crippen LogP contribution in [0.3, 0.4) is 0 Å². The average molecular weight is 441 g/mol. The van der Waals surface area contributed by atoms with Crippen molar-refractivity contribution in [2.45, 2.75) is 31.0 Å². The van der Waals surface area contributed by atoms with E-state index in [-0.39, 0.29) is 17.8 Å². The maximum Gasteiger partial charge on any atom is 0.128 e. The Hall–Kier alpha value is -2.61. The normalized spacial score (nSPS) is 21.7. The zero-order chi connectivity index (χ0) is 21.7. The number of likely N-dealkylation sites (tertiary alicyclic amines) is 1. The molecular formula is C23H26ClFN6. The van der Waals surface area contributed by atoms with Gasteiger partial charge >= 0.3 is 0 Å². The van der Waals surface area contributed by atoms with Gasteiger partial charge in [-0.05, 0) is 56.8 Å². The Kier molecular flexibility index (Phi) is 5.12. The van der Waals surface area contributed by atoms with Crippen LogP contribution >= 0.6 is 11.6 Å². The van der Waals surface area contributed by atoms with Crippen molar-refractivity contribution >= 4 is 23.0 Å².